The van der Waals surface area contributed by atoms with Crippen molar-refractivity contribution in [1.82, 2.24) is 4.98 Å². The molecule has 0 spiro atoms. The largest absolute Gasteiger partial charge is 0.322 e. The minimum atomic E-state index is -0.507. The van der Waals surface area contributed by atoms with Crippen molar-refractivity contribution >= 4 is 49.1 Å². The summed E-state index contributed by atoms with van der Waals surface area (Å²) in [4.78, 5) is 26.2. The summed E-state index contributed by atoms with van der Waals surface area (Å²) in [6.45, 7) is 0. The number of nitro groups is 1. The molecule has 0 radical (unpaired) electrons. The molecular formula is C12H7Br2N3O3. The van der Waals surface area contributed by atoms with Crippen LogP contribution in [0.3, 0.4) is 0 Å². The Kier molecular flexibility index (Phi) is 4.46. The number of anilines is 1. The van der Waals surface area contributed by atoms with Crippen molar-refractivity contribution in [3.8, 4) is 0 Å². The van der Waals surface area contributed by atoms with Gasteiger partial charge < -0.3 is 5.32 Å². The Morgan fingerprint density at radius 3 is 2.65 bits per heavy atom. The summed E-state index contributed by atoms with van der Waals surface area (Å²) < 4.78 is 0.726. The van der Waals surface area contributed by atoms with E-state index in [0.29, 0.717) is 20.3 Å². The highest BCUT2D eigenvalue weighted by atomic mass is 79.9. The molecule has 1 heterocycles. The highest BCUT2D eigenvalue weighted by Crippen LogP contribution is 2.28. The number of pyridine rings is 1. The van der Waals surface area contributed by atoms with E-state index in [1.54, 1.807) is 18.3 Å². The van der Waals surface area contributed by atoms with Crippen molar-refractivity contribution in [2.75, 3.05) is 5.32 Å². The molecule has 1 N–H and O–H groups in total. The molecule has 0 unspecified atom stereocenters. The van der Waals surface area contributed by atoms with Crippen LogP contribution in [-0.2, 0) is 0 Å². The first-order valence-electron chi connectivity index (χ1n) is 5.35. The maximum atomic E-state index is 12.0. The van der Waals surface area contributed by atoms with Crippen LogP contribution in [0.5, 0.6) is 0 Å². The number of benzene rings is 1. The van der Waals surface area contributed by atoms with E-state index >= 15 is 0 Å². The zero-order valence-corrected chi connectivity index (χ0v) is 13.0. The van der Waals surface area contributed by atoms with Crippen molar-refractivity contribution in [2.45, 2.75) is 0 Å². The minimum absolute atomic E-state index is 0.0643. The molecule has 102 valence electrons. The smallest absolute Gasteiger partial charge is 0.283 e. The SMILES string of the molecule is O=C(Nc1ccc([N+](=O)[O-])c(Br)c1)c1cccnc1Br. The summed E-state index contributed by atoms with van der Waals surface area (Å²) in [6.07, 6.45) is 1.56. The van der Waals surface area contributed by atoms with Crippen LogP contribution in [0.4, 0.5) is 11.4 Å². The second kappa shape index (κ2) is 6.10. The average Bonchev–Trinajstić information content (AvgIpc) is 2.38. The molecule has 0 aliphatic carbocycles. The first kappa shape index (κ1) is 14.6. The first-order valence-corrected chi connectivity index (χ1v) is 6.93. The molecule has 0 bridgehead atoms. The summed E-state index contributed by atoms with van der Waals surface area (Å²) in [5.41, 5.74) is 0.760. The average molecular weight is 401 g/mol. The number of halogens is 2. The van der Waals surface area contributed by atoms with E-state index in [4.69, 9.17) is 0 Å². The summed E-state index contributed by atoms with van der Waals surface area (Å²) in [5.74, 6) is -0.356. The van der Waals surface area contributed by atoms with Crippen molar-refractivity contribution in [1.29, 1.82) is 0 Å². The predicted octanol–water partition coefficient (Wildman–Crippen LogP) is 3.77. The third-order valence-electron chi connectivity index (χ3n) is 2.41. The van der Waals surface area contributed by atoms with E-state index in [0.717, 1.165) is 0 Å². The molecule has 2 rings (SSSR count). The van der Waals surface area contributed by atoms with Crippen LogP contribution in [-0.4, -0.2) is 15.8 Å². The Morgan fingerprint density at radius 2 is 2.05 bits per heavy atom. The molecule has 0 atom stereocenters. The maximum absolute atomic E-state index is 12.0. The van der Waals surface area contributed by atoms with Gasteiger partial charge in [-0.1, -0.05) is 0 Å². The van der Waals surface area contributed by atoms with Crippen LogP contribution in [0.25, 0.3) is 0 Å². The molecule has 6 nitrogen and oxygen atoms in total. The molecule has 0 aliphatic rings. The van der Waals surface area contributed by atoms with Crippen LogP contribution in [0.2, 0.25) is 0 Å². The fourth-order valence-corrected chi connectivity index (χ4v) is 2.44. The molecule has 0 aliphatic heterocycles. The third-order valence-corrected chi connectivity index (χ3v) is 3.67. The van der Waals surface area contributed by atoms with Gasteiger partial charge >= 0.3 is 0 Å². The Bertz CT molecular complexity index is 691. The monoisotopic (exact) mass is 399 g/mol. The first-order chi connectivity index (χ1) is 9.49. The molecule has 2 aromatic rings. The van der Waals surface area contributed by atoms with E-state index in [1.807, 2.05) is 0 Å². The van der Waals surface area contributed by atoms with Crippen molar-refractivity contribution < 1.29 is 9.72 Å². The van der Waals surface area contributed by atoms with Crippen molar-refractivity contribution in [2.24, 2.45) is 0 Å². The predicted molar refractivity (Wildman–Crippen MR) is 80.7 cm³/mol. The number of carbonyl (C=O) groups is 1. The number of hydrogen-bond acceptors (Lipinski definition) is 4. The fraction of sp³-hybridized carbons (Fsp3) is 0. The fourth-order valence-electron chi connectivity index (χ4n) is 1.49. The normalized spacial score (nSPS) is 10.1. The van der Waals surface area contributed by atoms with Gasteiger partial charge in [-0.15, -0.1) is 0 Å². The molecule has 0 saturated heterocycles. The number of hydrogen-bond donors (Lipinski definition) is 1. The van der Waals surface area contributed by atoms with E-state index in [2.05, 4.69) is 42.2 Å². The Balaban J connectivity index is 2.23. The van der Waals surface area contributed by atoms with Gasteiger partial charge in [0.15, 0.2) is 0 Å². The molecular weight excluding hydrogens is 394 g/mol. The molecule has 0 saturated carbocycles. The van der Waals surface area contributed by atoms with Gasteiger partial charge in [0.25, 0.3) is 11.6 Å². The molecule has 1 aromatic carbocycles. The lowest BCUT2D eigenvalue weighted by Crippen LogP contribution is -2.13. The van der Waals surface area contributed by atoms with E-state index in [1.165, 1.54) is 18.2 Å². The Morgan fingerprint density at radius 1 is 1.30 bits per heavy atom. The number of nitrogens with zero attached hydrogens (tertiary/aromatic N) is 2. The van der Waals surface area contributed by atoms with Gasteiger partial charge in [0, 0.05) is 18.0 Å². The van der Waals surface area contributed by atoms with Gasteiger partial charge in [0.1, 0.15) is 4.60 Å². The second-order valence-corrected chi connectivity index (χ2v) is 5.32. The van der Waals surface area contributed by atoms with Gasteiger partial charge in [-0.25, -0.2) is 4.98 Å². The Hall–Kier alpha value is -1.80. The van der Waals surface area contributed by atoms with Crippen LogP contribution in [0.1, 0.15) is 10.4 Å². The lowest BCUT2D eigenvalue weighted by Gasteiger charge is -2.06. The summed E-state index contributed by atoms with van der Waals surface area (Å²) in [7, 11) is 0. The number of carbonyl (C=O) groups excluding carboxylic acids is 1. The lowest BCUT2D eigenvalue weighted by atomic mass is 10.2. The minimum Gasteiger partial charge on any atom is -0.322 e. The van der Waals surface area contributed by atoms with Gasteiger partial charge in [-0.2, -0.15) is 0 Å². The number of nitro benzene ring substituents is 1. The van der Waals surface area contributed by atoms with Crippen LogP contribution < -0.4 is 5.32 Å². The topological polar surface area (TPSA) is 85.1 Å². The summed E-state index contributed by atoms with van der Waals surface area (Å²) in [5, 5.41) is 13.3. The zero-order chi connectivity index (χ0) is 14.7. The van der Waals surface area contributed by atoms with Gasteiger partial charge in [0.05, 0.1) is 15.0 Å². The number of rotatable bonds is 3. The molecule has 1 aromatic heterocycles. The second-order valence-electron chi connectivity index (χ2n) is 3.72. The molecule has 8 heteroatoms. The highest BCUT2D eigenvalue weighted by Gasteiger charge is 2.14. The van der Waals surface area contributed by atoms with Crippen LogP contribution >= 0.6 is 31.9 Å². The molecule has 1 amide bonds. The van der Waals surface area contributed by atoms with E-state index < -0.39 is 4.92 Å². The lowest BCUT2D eigenvalue weighted by molar-refractivity contribution is -0.385. The van der Waals surface area contributed by atoms with Crippen LogP contribution in [0.15, 0.2) is 45.6 Å². The Labute approximate surface area is 130 Å². The number of nitrogens with one attached hydrogen (secondary N) is 1. The summed E-state index contributed by atoms with van der Waals surface area (Å²) >= 11 is 6.28. The highest BCUT2D eigenvalue weighted by molar-refractivity contribution is 9.10. The molecule has 20 heavy (non-hydrogen) atoms. The van der Waals surface area contributed by atoms with Crippen LogP contribution in [0, 0.1) is 10.1 Å². The third kappa shape index (κ3) is 3.20. The maximum Gasteiger partial charge on any atom is 0.283 e. The van der Waals surface area contributed by atoms with E-state index in [9.17, 15) is 14.9 Å². The van der Waals surface area contributed by atoms with E-state index in [-0.39, 0.29) is 11.6 Å². The summed E-state index contributed by atoms with van der Waals surface area (Å²) in [6, 6.07) is 7.52. The standard InChI is InChI=1S/C12H7Br2N3O3/c13-9-6-7(3-4-10(9)17(19)20)16-12(18)8-2-1-5-15-11(8)14/h1-6H,(H,16,18). The van der Waals surface area contributed by atoms with Crippen molar-refractivity contribution in [3.05, 3.63) is 61.3 Å². The van der Waals surface area contributed by atoms with Gasteiger partial charge in [-0.05, 0) is 56.1 Å². The number of amides is 1. The van der Waals surface area contributed by atoms with Gasteiger partial charge in [0.2, 0.25) is 0 Å². The number of aromatic nitrogens is 1. The zero-order valence-electron chi connectivity index (χ0n) is 9.84. The molecule has 0 fully saturated rings. The van der Waals surface area contributed by atoms with Gasteiger partial charge in [-0.3, -0.25) is 14.9 Å². The quantitative estimate of drug-likeness (QED) is 0.482. The van der Waals surface area contributed by atoms with Crippen molar-refractivity contribution in [3.63, 3.8) is 0 Å².